The molecule has 5 rings (SSSR count). The average molecular weight is 404 g/mol. The van der Waals surface area contributed by atoms with Crippen LogP contribution in [0.4, 0.5) is 5.69 Å². The van der Waals surface area contributed by atoms with Gasteiger partial charge in [-0.25, -0.2) is 0 Å². The summed E-state index contributed by atoms with van der Waals surface area (Å²) in [6, 6.07) is 18.3. The van der Waals surface area contributed by atoms with Crippen molar-refractivity contribution in [3.63, 3.8) is 0 Å². The van der Waals surface area contributed by atoms with E-state index in [9.17, 15) is 0 Å². The maximum absolute atomic E-state index is 2.88. The Labute approximate surface area is 184 Å². The summed E-state index contributed by atoms with van der Waals surface area (Å²) in [4.78, 5) is 2.88. The number of fused-ring (bicyclic) bond motifs is 3. The average Bonchev–Trinajstić information content (AvgIpc) is 2.73. The number of para-hydroxylation sites is 1. The van der Waals surface area contributed by atoms with Gasteiger partial charge in [0.15, 0.2) is 0 Å². The third kappa shape index (κ3) is 3.29. The summed E-state index contributed by atoms with van der Waals surface area (Å²) in [6.45, 7) is 18.2. The molecular weight excluding hydrogens is 362 g/mol. The van der Waals surface area contributed by atoms with Gasteiger partial charge in [0.05, 0.1) is 0 Å². The number of rotatable bonds is 5. The minimum absolute atomic E-state index is 0.270. The van der Waals surface area contributed by atoms with Crippen molar-refractivity contribution in [1.29, 1.82) is 0 Å². The Morgan fingerprint density at radius 2 is 1.43 bits per heavy atom. The highest BCUT2D eigenvalue weighted by Crippen LogP contribution is 2.61. The van der Waals surface area contributed by atoms with Crippen LogP contribution < -0.4 is 4.90 Å². The molecule has 0 N–H and O–H groups in total. The lowest BCUT2D eigenvalue weighted by atomic mass is 9.51. The Kier molecular flexibility index (Phi) is 5.54. The molecule has 2 heterocycles. The standard InChI is InChI=1S/C29H41N/c1-20(2)25-14-11-15-26(21(3)4)27(25)30-19-29(17-16-28(30,7)18-22(29)5)23(6)24-12-9-8-10-13-24/h8-15,20-23H,16-19H2,1-7H3. The molecule has 0 amide bonds. The van der Waals surface area contributed by atoms with Gasteiger partial charge < -0.3 is 4.90 Å². The van der Waals surface area contributed by atoms with Gasteiger partial charge in [-0.2, -0.15) is 0 Å². The van der Waals surface area contributed by atoms with Crippen LogP contribution in [0.2, 0.25) is 0 Å². The zero-order valence-corrected chi connectivity index (χ0v) is 20.2. The molecule has 4 atom stereocenters. The second-order valence-electron chi connectivity index (χ2n) is 11.1. The Morgan fingerprint density at radius 3 is 1.97 bits per heavy atom. The van der Waals surface area contributed by atoms with Gasteiger partial charge in [0.25, 0.3) is 0 Å². The second-order valence-corrected chi connectivity index (χ2v) is 11.1. The molecule has 1 aliphatic carbocycles. The molecule has 2 aromatic carbocycles. The predicted molar refractivity (Wildman–Crippen MR) is 131 cm³/mol. The summed E-state index contributed by atoms with van der Waals surface area (Å²) in [5, 5.41) is 0. The Morgan fingerprint density at radius 1 is 0.833 bits per heavy atom. The molecule has 1 saturated carbocycles. The molecule has 0 aromatic heterocycles. The van der Waals surface area contributed by atoms with Gasteiger partial charge >= 0.3 is 0 Å². The molecular formula is C29H41N. The maximum atomic E-state index is 2.88. The quantitative estimate of drug-likeness (QED) is 0.487. The van der Waals surface area contributed by atoms with Crippen LogP contribution in [0.3, 0.4) is 0 Å². The van der Waals surface area contributed by atoms with E-state index in [0.717, 1.165) is 5.92 Å². The van der Waals surface area contributed by atoms with Crippen molar-refractivity contribution in [2.75, 3.05) is 11.4 Å². The number of nitrogens with zero attached hydrogens (tertiary/aromatic N) is 1. The SMILES string of the molecule is CC(C)c1cccc(C(C)C)c1N1CC2(C(C)c3ccccc3)CCC1(C)CC2C. The highest BCUT2D eigenvalue weighted by atomic mass is 15.2. The number of anilines is 1. The predicted octanol–water partition coefficient (Wildman–Crippen LogP) is 8.12. The van der Waals surface area contributed by atoms with Crippen LogP contribution in [-0.2, 0) is 0 Å². The topological polar surface area (TPSA) is 3.24 Å². The molecule has 3 fully saturated rings. The largest absolute Gasteiger partial charge is 0.365 e. The lowest BCUT2D eigenvalue weighted by molar-refractivity contribution is -0.00302. The zero-order chi connectivity index (χ0) is 21.7. The van der Waals surface area contributed by atoms with Crippen LogP contribution in [-0.4, -0.2) is 12.1 Å². The third-order valence-electron chi connectivity index (χ3n) is 8.73. The summed E-state index contributed by atoms with van der Waals surface area (Å²) in [5.41, 5.74) is 6.75. The normalized spacial score (nSPS) is 29.6. The first kappa shape index (κ1) is 21.5. The lowest BCUT2D eigenvalue weighted by Gasteiger charge is -2.65. The van der Waals surface area contributed by atoms with Gasteiger partial charge in [0, 0.05) is 17.8 Å². The molecule has 162 valence electrons. The Balaban J connectivity index is 1.84. The van der Waals surface area contributed by atoms with Crippen molar-refractivity contribution in [2.24, 2.45) is 11.3 Å². The molecule has 2 aliphatic heterocycles. The Bertz CT molecular complexity index is 856. The first-order chi connectivity index (χ1) is 14.2. The van der Waals surface area contributed by atoms with Gasteiger partial charge in [-0.3, -0.25) is 0 Å². The number of benzene rings is 2. The van der Waals surface area contributed by atoms with Crippen molar-refractivity contribution in [2.45, 2.75) is 91.0 Å². The summed E-state index contributed by atoms with van der Waals surface area (Å²) >= 11 is 0. The second kappa shape index (κ2) is 7.74. The molecule has 0 radical (unpaired) electrons. The van der Waals surface area contributed by atoms with Gasteiger partial charge in [-0.05, 0) is 72.0 Å². The fourth-order valence-corrected chi connectivity index (χ4v) is 6.70. The molecule has 3 aliphatic rings. The molecule has 1 nitrogen and oxygen atoms in total. The van der Waals surface area contributed by atoms with E-state index in [4.69, 9.17) is 0 Å². The van der Waals surface area contributed by atoms with Gasteiger partial charge in [-0.15, -0.1) is 0 Å². The van der Waals surface area contributed by atoms with Crippen LogP contribution in [0.5, 0.6) is 0 Å². The summed E-state index contributed by atoms with van der Waals surface area (Å²) in [6.07, 6.45) is 3.95. The Hall–Kier alpha value is -1.76. The molecule has 0 spiro atoms. The molecule has 2 aromatic rings. The summed E-state index contributed by atoms with van der Waals surface area (Å²) in [5.74, 6) is 2.41. The van der Waals surface area contributed by atoms with Crippen molar-refractivity contribution >= 4 is 5.69 Å². The fraction of sp³-hybridized carbons (Fsp3) is 0.586. The van der Waals surface area contributed by atoms with E-state index in [2.05, 4.69) is 102 Å². The minimum atomic E-state index is 0.270. The van der Waals surface area contributed by atoms with Crippen molar-refractivity contribution in [3.8, 4) is 0 Å². The van der Waals surface area contributed by atoms with Crippen molar-refractivity contribution in [1.82, 2.24) is 0 Å². The smallest absolute Gasteiger partial charge is 0.0441 e. The summed E-state index contributed by atoms with van der Waals surface area (Å²) < 4.78 is 0. The van der Waals surface area contributed by atoms with Gasteiger partial charge in [0.2, 0.25) is 0 Å². The fourth-order valence-electron chi connectivity index (χ4n) is 6.70. The number of hydrogen-bond donors (Lipinski definition) is 0. The first-order valence-corrected chi connectivity index (χ1v) is 12.1. The molecule has 2 saturated heterocycles. The van der Waals surface area contributed by atoms with E-state index in [1.807, 2.05) is 0 Å². The van der Waals surface area contributed by atoms with Crippen LogP contribution in [0.25, 0.3) is 0 Å². The molecule has 4 unspecified atom stereocenters. The third-order valence-corrected chi connectivity index (χ3v) is 8.73. The lowest BCUT2D eigenvalue weighted by Crippen LogP contribution is -2.66. The van der Waals surface area contributed by atoms with E-state index in [1.54, 1.807) is 5.69 Å². The highest BCUT2D eigenvalue weighted by Gasteiger charge is 2.57. The van der Waals surface area contributed by atoms with E-state index in [1.165, 1.54) is 42.5 Å². The van der Waals surface area contributed by atoms with Gasteiger partial charge in [0.1, 0.15) is 0 Å². The maximum Gasteiger partial charge on any atom is 0.0441 e. The van der Waals surface area contributed by atoms with Crippen LogP contribution in [0.1, 0.15) is 102 Å². The first-order valence-electron chi connectivity index (χ1n) is 12.1. The zero-order valence-electron chi connectivity index (χ0n) is 20.2. The van der Waals surface area contributed by atoms with Crippen molar-refractivity contribution in [3.05, 3.63) is 65.2 Å². The minimum Gasteiger partial charge on any atom is -0.365 e. The van der Waals surface area contributed by atoms with Crippen molar-refractivity contribution < 1.29 is 0 Å². The van der Waals surface area contributed by atoms with Crippen LogP contribution >= 0.6 is 0 Å². The number of hydrogen-bond acceptors (Lipinski definition) is 1. The van der Waals surface area contributed by atoms with E-state index in [0.29, 0.717) is 23.2 Å². The van der Waals surface area contributed by atoms with Crippen LogP contribution in [0.15, 0.2) is 48.5 Å². The summed E-state index contributed by atoms with van der Waals surface area (Å²) in [7, 11) is 0. The van der Waals surface area contributed by atoms with E-state index >= 15 is 0 Å². The van der Waals surface area contributed by atoms with Gasteiger partial charge in [-0.1, -0.05) is 90.1 Å². The van der Waals surface area contributed by atoms with E-state index in [-0.39, 0.29) is 5.54 Å². The highest BCUT2D eigenvalue weighted by molar-refractivity contribution is 5.65. The molecule has 30 heavy (non-hydrogen) atoms. The van der Waals surface area contributed by atoms with Crippen LogP contribution in [0, 0.1) is 11.3 Å². The monoisotopic (exact) mass is 403 g/mol. The number of piperidine rings is 2. The van der Waals surface area contributed by atoms with E-state index < -0.39 is 0 Å². The molecule has 2 bridgehead atoms. The molecule has 1 heteroatoms.